The number of carbonyl (C=O) groups is 2. The molecule has 0 aliphatic carbocycles. The number of carbonyl (C=O) groups excluding carboxylic acids is 2. The topological polar surface area (TPSA) is 104 Å². The number of aromatic nitrogens is 2. The molecule has 2 amide bonds. The monoisotopic (exact) mass is 464 g/mol. The highest BCUT2D eigenvalue weighted by Gasteiger charge is 2.37. The van der Waals surface area contributed by atoms with E-state index in [4.69, 9.17) is 14.2 Å². The lowest BCUT2D eigenvalue weighted by Gasteiger charge is -2.11. The van der Waals surface area contributed by atoms with Crippen LogP contribution < -0.4 is 20.1 Å². The quantitative estimate of drug-likeness (QED) is 0.478. The fourth-order valence-electron chi connectivity index (χ4n) is 4.09. The van der Waals surface area contributed by atoms with Crippen LogP contribution in [0.25, 0.3) is 11.1 Å². The summed E-state index contributed by atoms with van der Waals surface area (Å²) in [5.41, 5.74) is 3.31. The van der Waals surface area contributed by atoms with Gasteiger partial charge < -0.3 is 24.8 Å². The van der Waals surface area contributed by atoms with Gasteiger partial charge in [0, 0.05) is 13.7 Å². The van der Waals surface area contributed by atoms with Crippen molar-refractivity contribution < 1.29 is 23.8 Å². The van der Waals surface area contributed by atoms with Crippen molar-refractivity contribution in [2.24, 2.45) is 0 Å². The van der Waals surface area contributed by atoms with Crippen LogP contribution in [-0.2, 0) is 27.4 Å². The first-order valence-electron chi connectivity index (χ1n) is 11.0. The molecule has 9 nitrogen and oxygen atoms in total. The zero-order valence-corrected chi connectivity index (χ0v) is 19.5. The second-order valence-electron chi connectivity index (χ2n) is 7.91. The van der Waals surface area contributed by atoms with Crippen molar-refractivity contribution in [1.29, 1.82) is 0 Å². The maximum Gasteiger partial charge on any atom is 0.251 e. The average Bonchev–Trinajstić information content (AvgIpc) is 3.34. The van der Waals surface area contributed by atoms with Crippen molar-refractivity contribution in [3.8, 4) is 22.6 Å². The lowest BCUT2D eigenvalue weighted by molar-refractivity contribution is -0.126. The maximum atomic E-state index is 12.8. The molecule has 34 heavy (non-hydrogen) atoms. The Bertz CT molecular complexity index is 1180. The molecule has 2 N–H and O–H groups in total. The number of anilines is 1. The van der Waals surface area contributed by atoms with Gasteiger partial charge in [0.1, 0.15) is 11.9 Å². The predicted molar refractivity (Wildman–Crippen MR) is 127 cm³/mol. The Hall–Kier alpha value is -3.85. The summed E-state index contributed by atoms with van der Waals surface area (Å²) in [4.78, 5) is 25.4. The summed E-state index contributed by atoms with van der Waals surface area (Å²) >= 11 is 0. The van der Waals surface area contributed by atoms with Crippen LogP contribution in [-0.4, -0.2) is 49.5 Å². The van der Waals surface area contributed by atoms with E-state index < -0.39 is 6.04 Å². The van der Waals surface area contributed by atoms with Gasteiger partial charge >= 0.3 is 0 Å². The Kier molecular flexibility index (Phi) is 7.12. The molecule has 0 saturated heterocycles. The molecule has 1 aliphatic rings. The Morgan fingerprint density at radius 1 is 1.09 bits per heavy atom. The summed E-state index contributed by atoms with van der Waals surface area (Å²) in [5, 5.41) is 10.4. The summed E-state index contributed by atoms with van der Waals surface area (Å²) in [6.07, 6.45) is 0.713. The van der Waals surface area contributed by atoms with Crippen molar-refractivity contribution in [2.45, 2.75) is 25.5 Å². The minimum absolute atomic E-state index is 0.00685. The van der Waals surface area contributed by atoms with Crippen LogP contribution in [0.3, 0.4) is 0 Å². The fraction of sp³-hybridized carbons (Fsp3) is 0.320. The third kappa shape index (κ3) is 4.74. The molecular weight excluding hydrogens is 436 g/mol. The molecule has 0 bridgehead atoms. The molecule has 4 rings (SSSR count). The average molecular weight is 465 g/mol. The first kappa shape index (κ1) is 23.3. The molecule has 0 spiro atoms. The number of benzene rings is 2. The van der Waals surface area contributed by atoms with Crippen LogP contribution in [0.4, 0.5) is 5.82 Å². The summed E-state index contributed by atoms with van der Waals surface area (Å²) in [6.45, 7) is 0.741. The largest absolute Gasteiger partial charge is 0.493 e. The van der Waals surface area contributed by atoms with Crippen LogP contribution in [0, 0.1) is 0 Å². The number of fused-ring (bicyclic) bond motifs is 1. The highest BCUT2D eigenvalue weighted by Crippen LogP contribution is 2.41. The van der Waals surface area contributed by atoms with Gasteiger partial charge in [-0.3, -0.25) is 9.59 Å². The van der Waals surface area contributed by atoms with Crippen LogP contribution in [0.1, 0.15) is 23.7 Å². The Morgan fingerprint density at radius 2 is 1.85 bits per heavy atom. The minimum atomic E-state index is -0.740. The smallest absolute Gasteiger partial charge is 0.251 e. The van der Waals surface area contributed by atoms with Gasteiger partial charge in [0.25, 0.3) is 5.91 Å². The normalized spacial score (nSPS) is 14.4. The van der Waals surface area contributed by atoms with E-state index in [9.17, 15) is 9.59 Å². The number of amides is 2. The predicted octanol–water partition coefficient (Wildman–Crippen LogP) is 2.96. The van der Waals surface area contributed by atoms with Crippen LogP contribution in [0.5, 0.6) is 11.5 Å². The van der Waals surface area contributed by atoms with Gasteiger partial charge in [0.2, 0.25) is 5.91 Å². The highest BCUT2D eigenvalue weighted by molar-refractivity contribution is 6.03. The molecule has 1 aliphatic heterocycles. The molecule has 0 radical (unpaired) electrons. The van der Waals surface area contributed by atoms with E-state index in [0.29, 0.717) is 29.6 Å². The van der Waals surface area contributed by atoms with Crippen molar-refractivity contribution in [2.75, 3.05) is 33.2 Å². The zero-order valence-electron chi connectivity index (χ0n) is 19.5. The molecular formula is C25H28N4O5. The lowest BCUT2D eigenvalue weighted by atomic mass is 10.0. The van der Waals surface area contributed by atoms with Crippen molar-refractivity contribution >= 4 is 17.6 Å². The van der Waals surface area contributed by atoms with Crippen molar-refractivity contribution in [1.82, 2.24) is 15.1 Å². The summed E-state index contributed by atoms with van der Waals surface area (Å²) in [7, 11) is 4.72. The second kappa shape index (κ2) is 10.4. The molecule has 1 aromatic heterocycles. The number of rotatable bonds is 10. The van der Waals surface area contributed by atoms with E-state index in [0.717, 1.165) is 23.1 Å². The number of hydrogen-bond acceptors (Lipinski definition) is 6. The molecule has 2 aromatic carbocycles. The van der Waals surface area contributed by atoms with E-state index in [-0.39, 0.29) is 24.8 Å². The van der Waals surface area contributed by atoms with Gasteiger partial charge in [-0.1, -0.05) is 36.4 Å². The Labute approximate surface area is 198 Å². The lowest BCUT2D eigenvalue weighted by Crippen LogP contribution is -2.30. The molecule has 178 valence electrons. The molecule has 3 aromatic rings. The number of methoxy groups -OCH3 is 3. The summed E-state index contributed by atoms with van der Waals surface area (Å²) < 4.78 is 17.7. The summed E-state index contributed by atoms with van der Waals surface area (Å²) in [6, 6.07) is 14.7. The third-order valence-electron chi connectivity index (χ3n) is 5.73. The Balaban J connectivity index is 1.55. The van der Waals surface area contributed by atoms with Gasteiger partial charge in [0.15, 0.2) is 11.5 Å². The van der Waals surface area contributed by atoms with Gasteiger partial charge in [-0.05, 0) is 29.7 Å². The van der Waals surface area contributed by atoms with Crippen molar-refractivity contribution in [3.05, 3.63) is 59.8 Å². The standard InChI is InChI=1S/C25H28N4O5/c1-32-15-18-23(17-9-10-20(33-2)21(13-17)34-3)24-27-25(31)19(29(24)28-18)14-22(30)26-12-11-16-7-5-4-6-8-16/h4-10,13,19H,11-12,14-15H2,1-3H3,(H,26,30)(H,27,31). The molecule has 0 saturated carbocycles. The number of ether oxygens (including phenoxy) is 3. The minimum Gasteiger partial charge on any atom is -0.493 e. The van der Waals surface area contributed by atoms with E-state index >= 15 is 0 Å². The summed E-state index contributed by atoms with van der Waals surface area (Å²) in [5.74, 6) is 1.21. The molecule has 1 unspecified atom stereocenters. The van der Waals surface area contributed by atoms with Crippen LogP contribution in [0.15, 0.2) is 48.5 Å². The zero-order chi connectivity index (χ0) is 24.1. The first-order chi connectivity index (χ1) is 16.5. The highest BCUT2D eigenvalue weighted by atomic mass is 16.5. The molecule has 2 heterocycles. The molecule has 1 atom stereocenters. The second-order valence-corrected chi connectivity index (χ2v) is 7.91. The van der Waals surface area contributed by atoms with Gasteiger partial charge in [0.05, 0.1) is 38.5 Å². The number of nitrogens with zero attached hydrogens (tertiary/aromatic N) is 2. The maximum absolute atomic E-state index is 12.8. The first-order valence-corrected chi connectivity index (χ1v) is 11.0. The number of nitrogens with one attached hydrogen (secondary N) is 2. The van der Waals surface area contributed by atoms with E-state index in [1.807, 2.05) is 42.5 Å². The van der Waals surface area contributed by atoms with Crippen LogP contribution >= 0.6 is 0 Å². The third-order valence-corrected chi connectivity index (χ3v) is 5.73. The van der Waals surface area contributed by atoms with Crippen LogP contribution in [0.2, 0.25) is 0 Å². The van der Waals surface area contributed by atoms with Gasteiger partial charge in [-0.15, -0.1) is 0 Å². The van der Waals surface area contributed by atoms with Crippen molar-refractivity contribution in [3.63, 3.8) is 0 Å². The molecule has 0 fully saturated rings. The Morgan fingerprint density at radius 3 is 2.56 bits per heavy atom. The fourth-order valence-corrected chi connectivity index (χ4v) is 4.09. The van der Waals surface area contributed by atoms with E-state index in [1.54, 1.807) is 32.1 Å². The van der Waals surface area contributed by atoms with Gasteiger partial charge in [-0.25, -0.2) is 4.68 Å². The molecule has 9 heteroatoms. The van der Waals surface area contributed by atoms with E-state index in [1.165, 1.54) is 0 Å². The SMILES string of the molecule is COCc1nn2c(c1-c1ccc(OC)c(OC)c1)NC(=O)C2CC(=O)NCCc1ccccc1. The number of hydrogen-bond donors (Lipinski definition) is 2. The van der Waals surface area contributed by atoms with E-state index in [2.05, 4.69) is 15.7 Å². The van der Waals surface area contributed by atoms with Gasteiger partial charge in [-0.2, -0.15) is 5.10 Å².